The van der Waals surface area contributed by atoms with Crippen molar-refractivity contribution in [2.45, 2.75) is 43.8 Å². The van der Waals surface area contributed by atoms with E-state index in [-0.39, 0.29) is 36.1 Å². The van der Waals surface area contributed by atoms with Gasteiger partial charge in [0.25, 0.3) is 5.91 Å². The van der Waals surface area contributed by atoms with Gasteiger partial charge in [0.15, 0.2) is 0 Å². The van der Waals surface area contributed by atoms with Gasteiger partial charge in [0.05, 0.1) is 23.4 Å². The lowest BCUT2D eigenvalue weighted by molar-refractivity contribution is -0.170. The first-order chi connectivity index (χ1) is 12.3. The number of ether oxygens (including phenoxy) is 2. The number of benzene rings is 1. The van der Waals surface area contributed by atoms with Crippen LogP contribution in [0, 0.1) is 5.82 Å². The minimum Gasteiger partial charge on any atom is -0.491 e. The van der Waals surface area contributed by atoms with Gasteiger partial charge in [0.2, 0.25) is 0 Å². The topological polar surface area (TPSA) is 85.0 Å². The zero-order valence-electron chi connectivity index (χ0n) is 15.6. The molecule has 8 heteroatoms. The number of halogens is 2. The monoisotopic (exact) mass is 402 g/mol. The molecular formula is C19H28ClFN2O4. The van der Waals surface area contributed by atoms with E-state index in [1.807, 2.05) is 6.92 Å². The van der Waals surface area contributed by atoms with Crippen molar-refractivity contribution in [3.05, 3.63) is 29.6 Å². The fourth-order valence-electron chi connectivity index (χ4n) is 3.89. The molecule has 1 unspecified atom stereocenters. The number of hydrogen-bond donors (Lipinski definition) is 2. The molecule has 0 radical (unpaired) electrons. The van der Waals surface area contributed by atoms with Crippen LogP contribution in [0.4, 0.5) is 4.39 Å². The number of likely N-dealkylation sites (tertiary alicyclic amines) is 1. The van der Waals surface area contributed by atoms with Gasteiger partial charge in [-0.3, -0.25) is 4.79 Å². The minimum absolute atomic E-state index is 0. The maximum atomic E-state index is 13.7. The Morgan fingerprint density at radius 2 is 2.07 bits per heavy atom. The Labute approximate surface area is 165 Å². The first kappa shape index (κ1) is 21.9. The number of amides is 1. The average molecular weight is 403 g/mol. The fraction of sp³-hybridized carbons (Fsp3) is 0.632. The summed E-state index contributed by atoms with van der Waals surface area (Å²) in [5, 5.41) is 10.4. The maximum Gasteiger partial charge on any atom is 0.257 e. The summed E-state index contributed by atoms with van der Waals surface area (Å²) in [6, 6.07) is 3.94. The van der Waals surface area contributed by atoms with Gasteiger partial charge >= 0.3 is 0 Å². The maximum absolute atomic E-state index is 13.7. The van der Waals surface area contributed by atoms with E-state index in [1.54, 1.807) is 4.90 Å². The second-order valence-corrected chi connectivity index (χ2v) is 7.53. The summed E-state index contributed by atoms with van der Waals surface area (Å²) in [6.07, 6.45) is 2.52. The Hall–Kier alpha value is -1.41. The van der Waals surface area contributed by atoms with Gasteiger partial charge < -0.3 is 25.2 Å². The molecular weight excluding hydrogens is 375 g/mol. The van der Waals surface area contributed by atoms with Gasteiger partial charge in [-0.1, -0.05) is 0 Å². The second kappa shape index (κ2) is 8.73. The molecule has 1 spiro atoms. The van der Waals surface area contributed by atoms with Crippen molar-refractivity contribution in [1.82, 2.24) is 4.90 Å². The van der Waals surface area contributed by atoms with Crippen molar-refractivity contribution in [1.29, 1.82) is 0 Å². The molecule has 2 fully saturated rings. The van der Waals surface area contributed by atoms with E-state index < -0.39 is 11.4 Å². The third-order valence-corrected chi connectivity index (χ3v) is 5.26. The highest BCUT2D eigenvalue weighted by Crippen LogP contribution is 2.39. The predicted molar refractivity (Wildman–Crippen MR) is 102 cm³/mol. The molecule has 3 N–H and O–H groups in total. The van der Waals surface area contributed by atoms with Crippen molar-refractivity contribution < 1.29 is 23.8 Å². The van der Waals surface area contributed by atoms with E-state index >= 15 is 0 Å². The average Bonchev–Trinajstić information content (AvgIpc) is 2.60. The number of nitrogens with two attached hydrogens (primary N) is 1. The molecule has 0 saturated carbocycles. The first-order valence-corrected chi connectivity index (χ1v) is 9.12. The lowest BCUT2D eigenvalue weighted by atomic mass is 9.78. The van der Waals surface area contributed by atoms with Crippen LogP contribution in [0.2, 0.25) is 0 Å². The molecule has 1 atom stereocenters. The minimum atomic E-state index is -0.726. The predicted octanol–water partition coefficient (Wildman–Crippen LogP) is 2.12. The van der Waals surface area contributed by atoms with E-state index in [1.165, 1.54) is 18.2 Å². The molecule has 2 heterocycles. The molecule has 3 rings (SSSR count). The number of carbonyl (C=O) groups excluding carboxylic acids is 1. The van der Waals surface area contributed by atoms with Crippen LogP contribution in [0.25, 0.3) is 0 Å². The Morgan fingerprint density at radius 1 is 1.37 bits per heavy atom. The standard InChI is InChI=1S/C19H27FN2O4.ClH/c1-18(24)6-10-26-19(13-18)4-8-22(9-5-19)17(23)15-12-14(20)2-3-16(15)25-11-7-21;/h2-3,12,24H,4-11,13,21H2,1H3;1H. The lowest BCUT2D eigenvalue weighted by Crippen LogP contribution is -2.54. The molecule has 27 heavy (non-hydrogen) atoms. The Morgan fingerprint density at radius 3 is 2.70 bits per heavy atom. The van der Waals surface area contributed by atoms with Crippen molar-refractivity contribution in [3.63, 3.8) is 0 Å². The summed E-state index contributed by atoms with van der Waals surface area (Å²) in [5.41, 5.74) is 4.56. The van der Waals surface area contributed by atoms with Crippen molar-refractivity contribution in [2.75, 3.05) is 32.8 Å². The Bertz CT molecular complexity index is 663. The molecule has 1 amide bonds. The molecule has 0 bridgehead atoms. The number of aliphatic hydroxyl groups is 1. The molecule has 2 saturated heterocycles. The zero-order chi connectivity index (χ0) is 18.8. The number of nitrogens with zero attached hydrogens (tertiary/aromatic N) is 1. The van der Waals surface area contributed by atoms with Gasteiger partial charge in [-0.2, -0.15) is 0 Å². The molecule has 2 aliphatic rings. The molecule has 0 aliphatic carbocycles. The SMILES string of the molecule is CC1(O)CCOC2(CCN(C(=O)c3cc(F)ccc3OCCN)CC2)C1.Cl. The smallest absolute Gasteiger partial charge is 0.257 e. The quantitative estimate of drug-likeness (QED) is 0.805. The molecule has 1 aromatic carbocycles. The van der Waals surface area contributed by atoms with Gasteiger partial charge in [0, 0.05) is 26.1 Å². The zero-order valence-corrected chi connectivity index (χ0v) is 16.4. The van der Waals surface area contributed by atoms with E-state index in [4.69, 9.17) is 15.2 Å². The van der Waals surface area contributed by atoms with Crippen LogP contribution in [0.3, 0.4) is 0 Å². The van der Waals surface area contributed by atoms with E-state index in [0.29, 0.717) is 57.7 Å². The van der Waals surface area contributed by atoms with Crippen molar-refractivity contribution in [2.24, 2.45) is 5.73 Å². The third-order valence-electron chi connectivity index (χ3n) is 5.26. The molecule has 1 aromatic rings. The summed E-state index contributed by atoms with van der Waals surface area (Å²) < 4.78 is 25.1. The number of hydrogen-bond acceptors (Lipinski definition) is 5. The van der Waals surface area contributed by atoms with Gasteiger partial charge in [-0.15, -0.1) is 12.4 Å². The second-order valence-electron chi connectivity index (χ2n) is 7.53. The fourth-order valence-corrected chi connectivity index (χ4v) is 3.89. The largest absolute Gasteiger partial charge is 0.491 e. The third kappa shape index (κ3) is 5.10. The highest BCUT2D eigenvalue weighted by Gasteiger charge is 2.45. The summed E-state index contributed by atoms with van der Waals surface area (Å²) in [4.78, 5) is 14.6. The molecule has 152 valence electrons. The number of carbonyl (C=O) groups is 1. The molecule has 6 nitrogen and oxygen atoms in total. The van der Waals surface area contributed by atoms with Crippen LogP contribution in [0.1, 0.15) is 43.0 Å². The van der Waals surface area contributed by atoms with E-state index in [2.05, 4.69) is 0 Å². The van der Waals surface area contributed by atoms with E-state index in [9.17, 15) is 14.3 Å². The van der Waals surface area contributed by atoms with Gasteiger partial charge in [0.1, 0.15) is 18.2 Å². The summed E-state index contributed by atoms with van der Waals surface area (Å²) in [5.74, 6) is -0.387. The van der Waals surface area contributed by atoms with Gasteiger partial charge in [-0.25, -0.2) is 4.39 Å². The molecule has 0 aromatic heterocycles. The normalized spacial score (nSPS) is 24.4. The van der Waals surface area contributed by atoms with Crippen LogP contribution < -0.4 is 10.5 Å². The van der Waals surface area contributed by atoms with Crippen LogP contribution in [-0.4, -0.2) is 60.0 Å². The molecule has 2 aliphatic heterocycles. The first-order valence-electron chi connectivity index (χ1n) is 9.12. The summed E-state index contributed by atoms with van der Waals surface area (Å²) in [7, 11) is 0. The van der Waals surface area contributed by atoms with Crippen LogP contribution in [0.15, 0.2) is 18.2 Å². The number of piperidine rings is 1. The highest BCUT2D eigenvalue weighted by molar-refractivity contribution is 5.97. The van der Waals surface area contributed by atoms with Crippen LogP contribution in [-0.2, 0) is 4.74 Å². The summed E-state index contributed by atoms with van der Waals surface area (Å²) in [6.45, 7) is 3.94. The Balaban J connectivity index is 0.00000261. The van der Waals surface area contributed by atoms with E-state index in [0.717, 1.165) is 0 Å². The lowest BCUT2D eigenvalue weighted by Gasteiger charge is -2.48. The van der Waals surface area contributed by atoms with Gasteiger partial charge in [-0.05, 0) is 44.4 Å². The summed E-state index contributed by atoms with van der Waals surface area (Å²) >= 11 is 0. The van der Waals surface area contributed by atoms with Crippen molar-refractivity contribution in [3.8, 4) is 5.75 Å². The highest BCUT2D eigenvalue weighted by atomic mass is 35.5. The van der Waals surface area contributed by atoms with Crippen LogP contribution >= 0.6 is 12.4 Å². The van der Waals surface area contributed by atoms with Crippen molar-refractivity contribution >= 4 is 18.3 Å². The van der Waals surface area contributed by atoms with Crippen LogP contribution in [0.5, 0.6) is 5.75 Å². The Kier molecular flexibility index (Phi) is 7.08. The number of rotatable bonds is 4.